The number of anilines is 2. The lowest BCUT2D eigenvalue weighted by atomic mass is 10.1. The number of benzene rings is 4. The standard InChI is InChI=1S/C31H25BrN4O6/c1-2-41-24-17-13-23(14-18-24)34-28(37)26-5-3-4-6-27(26)35-29(38)30(39)36-33-19-20-7-15-25(16-8-20)42-31(40)21-9-11-22(32)12-10-21/h3-19H,2H2,1H3,(H,34,37)(H,35,38)(H,36,39)/b33-19-. The topological polar surface area (TPSA) is 135 Å². The van der Waals surface area contributed by atoms with Crippen molar-refractivity contribution in [2.45, 2.75) is 6.92 Å². The van der Waals surface area contributed by atoms with E-state index in [2.05, 4.69) is 37.1 Å². The van der Waals surface area contributed by atoms with E-state index in [1.54, 1.807) is 84.9 Å². The lowest BCUT2D eigenvalue weighted by molar-refractivity contribution is -0.136. The molecule has 11 heteroatoms. The van der Waals surface area contributed by atoms with E-state index in [1.807, 2.05) is 6.92 Å². The highest BCUT2D eigenvalue weighted by Crippen LogP contribution is 2.20. The zero-order valence-electron chi connectivity index (χ0n) is 22.3. The highest BCUT2D eigenvalue weighted by atomic mass is 79.9. The summed E-state index contributed by atoms with van der Waals surface area (Å²) in [5, 5.41) is 8.98. The Morgan fingerprint density at radius 2 is 1.45 bits per heavy atom. The Balaban J connectivity index is 1.29. The van der Waals surface area contributed by atoms with Gasteiger partial charge in [0, 0.05) is 10.2 Å². The number of nitrogens with one attached hydrogen (secondary N) is 3. The van der Waals surface area contributed by atoms with Gasteiger partial charge in [0.2, 0.25) is 0 Å². The number of carbonyl (C=O) groups excluding carboxylic acids is 4. The van der Waals surface area contributed by atoms with Crippen molar-refractivity contribution < 1.29 is 28.7 Å². The number of nitrogens with zero attached hydrogens (tertiary/aromatic N) is 1. The molecule has 0 aliphatic heterocycles. The number of carbonyl (C=O) groups is 4. The molecular weight excluding hydrogens is 604 g/mol. The van der Waals surface area contributed by atoms with Crippen LogP contribution >= 0.6 is 15.9 Å². The number of halogens is 1. The van der Waals surface area contributed by atoms with Crippen molar-refractivity contribution in [2.24, 2.45) is 5.10 Å². The van der Waals surface area contributed by atoms with Crippen molar-refractivity contribution in [2.75, 3.05) is 17.2 Å². The number of rotatable bonds is 9. The largest absolute Gasteiger partial charge is 0.494 e. The SMILES string of the molecule is CCOc1ccc(NC(=O)c2ccccc2NC(=O)C(=O)N/N=C\c2ccc(OC(=O)c3ccc(Br)cc3)cc2)cc1. The van der Waals surface area contributed by atoms with Crippen LogP contribution in [0.25, 0.3) is 0 Å². The van der Waals surface area contributed by atoms with Gasteiger partial charge in [-0.2, -0.15) is 5.10 Å². The molecule has 0 saturated carbocycles. The van der Waals surface area contributed by atoms with Crippen molar-refractivity contribution in [3.8, 4) is 11.5 Å². The van der Waals surface area contributed by atoms with Crippen LogP contribution in [0.3, 0.4) is 0 Å². The first kappa shape index (κ1) is 29.7. The Labute approximate surface area is 249 Å². The van der Waals surface area contributed by atoms with Gasteiger partial charge in [0.1, 0.15) is 11.5 Å². The number of esters is 1. The molecule has 0 heterocycles. The lowest BCUT2D eigenvalue weighted by Crippen LogP contribution is -2.33. The second-order valence-electron chi connectivity index (χ2n) is 8.58. The minimum absolute atomic E-state index is 0.151. The van der Waals surface area contributed by atoms with Gasteiger partial charge in [-0.3, -0.25) is 14.4 Å². The van der Waals surface area contributed by atoms with E-state index in [-0.39, 0.29) is 11.3 Å². The maximum Gasteiger partial charge on any atom is 0.343 e. The molecule has 212 valence electrons. The predicted molar refractivity (Wildman–Crippen MR) is 162 cm³/mol. The molecule has 0 bridgehead atoms. The van der Waals surface area contributed by atoms with Crippen LogP contribution in [0.15, 0.2) is 107 Å². The highest BCUT2D eigenvalue weighted by molar-refractivity contribution is 9.10. The van der Waals surface area contributed by atoms with Crippen molar-refractivity contribution in [1.29, 1.82) is 0 Å². The molecule has 3 amide bonds. The van der Waals surface area contributed by atoms with Crippen molar-refractivity contribution >= 4 is 57.2 Å². The molecule has 3 N–H and O–H groups in total. The Morgan fingerprint density at radius 3 is 2.14 bits per heavy atom. The van der Waals surface area contributed by atoms with Gasteiger partial charge in [0.15, 0.2) is 0 Å². The summed E-state index contributed by atoms with van der Waals surface area (Å²) in [5.41, 5.74) is 3.98. The van der Waals surface area contributed by atoms with Crippen molar-refractivity contribution in [1.82, 2.24) is 5.43 Å². The maximum atomic E-state index is 12.8. The molecule has 4 rings (SSSR count). The van der Waals surface area contributed by atoms with E-state index < -0.39 is 23.7 Å². The zero-order chi connectivity index (χ0) is 29.9. The van der Waals surface area contributed by atoms with Crippen LogP contribution in [0.2, 0.25) is 0 Å². The van der Waals surface area contributed by atoms with Gasteiger partial charge in [-0.25, -0.2) is 10.2 Å². The fraction of sp³-hybridized carbons (Fsp3) is 0.0645. The molecule has 0 radical (unpaired) electrons. The summed E-state index contributed by atoms with van der Waals surface area (Å²) in [7, 11) is 0. The van der Waals surface area contributed by atoms with Gasteiger partial charge >= 0.3 is 17.8 Å². The molecule has 4 aromatic carbocycles. The third kappa shape index (κ3) is 8.35. The molecule has 0 fully saturated rings. The average Bonchev–Trinajstić information content (AvgIpc) is 2.99. The summed E-state index contributed by atoms with van der Waals surface area (Å²) < 4.78 is 11.6. The monoisotopic (exact) mass is 628 g/mol. The van der Waals surface area contributed by atoms with Crippen molar-refractivity contribution in [3.05, 3.63) is 118 Å². The number of hydrogen-bond acceptors (Lipinski definition) is 7. The number of amides is 3. The molecule has 0 atom stereocenters. The predicted octanol–water partition coefficient (Wildman–Crippen LogP) is 5.41. The molecule has 0 aromatic heterocycles. The Morgan fingerprint density at radius 1 is 0.786 bits per heavy atom. The summed E-state index contributed by atoms with van der Waals surface area (Å²) in [6.45, 7) is 2.40. The van der Waals surface area contributed by atoms with E-state index in [0.717, 1.165) is 4.47 Å². The van der Waals surface area contributed by atoms with Gasteiger partial charge in [0.05, 0.1) is 29.6 Å². The van der Waals surface area contributed by atoms with E-state index in [9.17, 15) is 19.2 Å². The molecule has 42 heavy (non-hydrogen) atoms. The zero-order valence-corrected chi connectivity index (χ0v) is 23.9. The molecule has 4 aromatic rings. The van der Waals surface area contributed by atoms with Crippen LogP contribution in [-0.4, -0.2) is 36.5 Å². The van der Waals surface area contributed by atoms with E-state index in [0.29, 0.717) is 34.9 Å². The smallest absolute Gasteiger partial charge is 0.343 e. The molecule has 0 spiro atoms. The second-order valence-corrected chi connectivity index (χ2v) is 9.49. The normalized spacial score (nSPS) is 10.5. The summed E-state index contributed by atoms with van der Waals surface area (Å²) in [4.78, 5) is 49.9. The van der Waals surface area contributed by atoms with Crippen LogP contribution in [0.4, 0.5) is 11.4 Å². The van der Waals surface area contributed by atoms with Gasteiger partial charge in [-0.1, -0.05) is 28.1 Å². The summed E-state index contributed by atoms with van der Waals surface area (Å²) >= 11 is 3.31. The van der Waals surface area contributed by atoms with Crippen molar-refractivity contribution in [3.63, 3.8) is 0 Å². The minimum atomic E-state index is -1.03. The minimum Gasteiger partial charge on any atom is -0.494 e. The van der Waals surface area contributed by atoms with Crippen LogP contribution in [0, 0.1) is 0 Å². The van der Waals surface area contributed by atoms with Crippen LogP contribution in [0.1, 0.15) is 33.2 Å². The molecular formula is C31H25BrN4O6. The van der Waals surface area contributed by atoms with E-state index in [1.165, 1.54) is 18.3 Å². The van der Waals surface area contributed by atoms with Crippen LogP contribution in [0.5, 0.6) is 11.5 Å². The highest BCUT2D eigenvalue weighted by Gasteiger charge is 2.18. The van der Waals surface area contributed by atoms with Gasteiger partial charge in [-0.15, -0.1) is 0 Å². The van der Waals surface area contributed by atoms with Gasteiger partial charge < -0.3 is 20.1 Å². The molecule has 10 nitrogen and oxygen atoms in total. The summed E-state index contributed by atoms with van der Waals surface area (Å²) in [6, 6.07) is 26.3. The van der Waals surface area contributed by atoms with Crippen LogP contribution in [-0.2, 0) is 9.59 Å². The van der Waals surface area contributed by atoms with Gasteiger partial charge in [0.25, 0.3) is 5.91 Å². The van der Waals surface area contributed by atoms with Crippen LogP contribution < -0.4 is 25.5 Å². The Kier molecular flexibility index (Phi) is 10.2. The number of hydrazone groups is 1. The Bertz CT molecular complexity index is 1600. The molecule has 0 aliphatic carbocycles. The molecule has 0 aliphatic rings. The fourth-order valence-electron chi connectivity index (χ4n) is 3.56. The Hall–Kier alpha value is -5.29. The summed E-state index contributed by atoms with van der Waals surface area (Å²) in [6.07, 6.45) is 1.32. The first-order valence-electron chi connectivity index (χ1n) is 12.7. The number of hydrogen-bond donors (Lipinski definition) is 3. The number of para-hydroxylation sites is 1. The van der Waals surface area contributed by atoms with Gasteiger partial charge in [-0.05, 0) is 97.4 Å². The quantitative estimate of drug-likeness (QED) is 0.0746. The first-order chi connectivity index (χ1) is 20.3. The van der Waals surface area contributed by atoms with E-state index in [4.69, 9.17) is 9.47 Å². The summed E-state index contributed by atoms with van der Waals surface area (Å²) in [5.74, 6) is -2.02. The van der Waals surface area contributed by atoms with E-state index >= 15 is 0 Å². The lowest BCUT2D eigenvalue weighted by Gasteiger charge is -2.11. The number of ether oxygens (including phenoxy) is 2. The third-order valence-electron chi connectivity index (χ3n) is 5.60. The second kappa shape index (κ2) is 14.4. The maximum absolute atomic E-state index is 12.8. The third-order valence-corrected chi connectivity index (χ3v) is 6.13. The first-order valence-corrected chi connectivity index (χ1v) is 13.5. The average molecular weight is 629 g/mol. The molecule has 0 unspecified atom stereocenters. The molecule has 0 saturated heterocycles. The fourth-order valence-corrected chi connectivity index (χ4v) is 3.82.